The monoisotopic (exact) mass is 394 g/mol. The summed E-state index contributed by atoms with van der Waals surface area (Å²) in [5.41, 5.74) is 1.19. The highest BCUT2D eigenvalue weighted by Crippen LogP contribution is 2.20. The van der Waals surface area contributed by atoms with Gasteiger partial charge in [-0.15, -0.1) is 0 Å². The average molecular weight is 394 g/mol. The zero-order chi connectivity index (χ0) is 21.0. The summed E-state index contributed by atoms with van der Waals surface area (Å²) in [5, 5.41) is 18.2. The fraction of sp³-hybridized carbons (Fsp3) is 0.150. The van der Waals surface area contributed by atoms with E-state index in [0.29, 0.717) is 18.1 Å². The number of carbonyl (C=O) groups is 2. The molecule has 0 spiro atoms. The number of nitro benzene ring substituents is 1. The molecule has 0 atom stereocenters. The van der Waals surface area contributed by atoms with Crippen LogP contribution in [0.5, 0.6) is 0 Å². The minimum atomic E-state index is -0.771. The number of nitro groups is 1. The van der Waals surface area contributed by atoms with Crippen molar-refractivity contribution in [2.24, 2.45) is 0 Å². The van der Waals surface area contributed by atoms with Gasteiger partial charge in [0.05, 0.1) is 29.8 Å². The second kappa shape index (κ2) is 8.34. The molecule has 0 unspecified atom stereocenters. The molecule has 1 aromatic heterocycles. The SMILES string of the molecule is COC(=O)c1cc(C(=O)Nc2cc(C)nn2Cc2ccccc2)cc([N+](=O)[O-])c1. The second-order valence-electron chi connectivity index (χ2n) is 6.29. The van der Waals surface area contributed by atoms with Crippen molar-refractivity contribution in [3.63, 3.8) is 0 Å². The molecule has 3 rings (SSSR count). The Morgan fingerprint density at radius 2 is 1.83 bits per heavy atom. The average Bonchev–Trinajstić information content (AvgIpc) is 3.06. The molecule has 0 aliphatic rings. The van der Waals surface area contributed by atoms with Crippen molar-refractivity contribution in [1.29, 1.82) is 0 Å². The van der Waals surface area contributed by atoms with Crippen molar-refractivity contribution in [1.82, 2.24) is 9.78 Å². The summed E-state index contributed by atoms with van der Waals surface area (Å²) in [5.74, 6) is -0.941. The summed E-state index contributed by atoms with van der Waals surface area (Å²) >= 11 is 0. The van der Waals surface area contributed by atoms with E-state index in [0.717, 1.165) is 24.8 Å². The molecule has 0 saturated carbocycles. The number of nitrogens with zero attached hydrogens (tertiary/aromatic N) is 3. The Balaban J connectivity index is 1.90. The standard InChI is InChI=1S/C20H18N4O5/c1-13-8-18(23(22-13)12-14-6-4-3-5-7-14)21-19(25)15-9-16(20(26)29-2)11-17(10-15)24(27)28/h3-11H,12H2,1-2H3,(H,21,25). The zero-order valence-electron chi connectivity index (χ0n) is 15.8. The fourth-order valence-electron chi connectivity index (χ4n) is 2.79. The van der Waals surface area contributed by atoms with Crippen molar-refractivity contribution in [2.75, 3.05) is 12.4 Å². The lowest BCUT2D eigenvalue weighted by atomic mass is 10.1. The number of esters is 1. The van der Waals surface area contributed by atoms with Gasteiger partial charge in [0, 0.05) is 23.8 Å². The van der Waals surface area contributed by atoms with Crippen molar-refractivity contribution in [2.45, 2.75) is 13.5 Å². The van der Waals surface area contributed by atoms with Crippen LogP contribution in [0.4, 0.5) is 11.5 Å². The van der Waals surface area contributed by atoms with Crippen LogP contribution in [0.25, 0.3) is 0 Å². The number of rotatable bonds is 6. The molecular weight excluding hydrogens is 376 g/mol. The number of hydrogen-bond acceptors (Lipinski definition) is 6. The molecule has 0 radical (unpaired) electrons. The lowest BCUT2D eigenvalue weighted by molar-refractivity contribution is -0.384. The smallest absolute Gasteiger partial charge is 0.338 e. The number of amides is 1. The van der Waals surface area contributed by atoms with Gasteiger partial charge >= 0.3 is 5.97 Å². The summed E-state index contributed by atoms with van der Waals surface area (Å²) in [6.07, 6.45) is 0. The van der Waals surface area contributed by atoms with Crippen LogP contribution in [-0.4, -0.2) is 33.7 Å². The quantitative estimate of drug-likeness (QED) is 0.390. The Morgan fingerprint density at radius 1 is 1.14 bits per heavy atom. The highest BCUT2D eigenvalue weighted by atomic mass is 16.6. The van der Waals surface area contributed by atoms with Crippen LogP contribution in [-0.2, 0) is 11.3 Å². The van der Waals surface area contributed by atoms with E-state index in [9.17, 15) is 19.7 Å². The third-order valence-electron chi connectivity index (χ3n) is 4.13. The molecule has 0 fully saturated rings. The van der Waals surface area contributed by atoms with E-state index in [2.05, 4.69) is 15.2 Å². The number of ether oxygens (including phenoxy) is 1. The summed E-state index contributed by atoms with van der Waals surface area (Å²) in [6, 6.07) is 14.7. The molecule has 0 aliphatic carbocycles. The summed E-state index contributed by atoms with van der Waals surface area (Å²) in [7, 11) is 1.16. The number of anilines is 1. The molecule has 1 N–H and O–H groups in total. The van der Waals surface area contributed by atoms with Crippen LogP contribution < -0.4 is 5.32 Å². The summed E-state index contributed by atoms with van der Waals surface area (Å²) in [6.45, 7) is 2.23. The van der Waals surface area contributed by atoms with Crippen LogP contribution in [0.1, 0.15) is 32.0 Å². The van der Waals surface area contributed by atoms with Crippen molar-refractivity contribution < 1.29 is 19.2 Å². The predicted octanol–water partition coefficient (Wildman–Crippen LogP) is 3.19. The van der Waals surface area contributed by atoms with Gasteiger partial charge in [0.2, 0.25) is 0 Å². The van der Waals surface area contributed by atoms with Gasteiger partial charge in [-0.1, -0.05) is 30.3 Å². The van der Waals surface area contributed by atoms with Crippen LogP contribution in [0.15, 0.2) is 54.6 Å². The number of methoxy groups -OCH3 is 1. The highest BCUT2D eigenvalue weighted by molar-refractivity contribution is 6.06. The van der Waals surface area contributed by atoms with E-state index >= 15 is 0 Å². The maximum Gasteiger partial charge on any atom is 0.338 e. The second-order valence-corrected chi connectivity index (χ2v) is 6.29. The molecule has 0 aliphatic heterocycles. The fourth-order valence-corrected chi connectivity index (χ4v) is 2.79. The highest BCUT2D eigenvalue weighted by Gasteiger charge is 2.19. The topological polar surface area (TPSA) is 116 Å². The van der Waals surface area contributed by atoms with Crippen LogP contribution >= 0.6 is 0 Å². The molecule has 29 heavy (non-hydrogen) atoms. The number of benzene rings is 2. The van der Waals surface area contributed by atoms with E-state index < -0.39 is 16.8 Å². The molecule has 1 amide bonds. The molecule has 9 heteroatoms. The van der Waals surface area contributed by atoms with E-state index in [1.807, 2.05) is 30.3 Å². The molecule has 0 bridgehead atoms. The van der Waals surface area contributed by atoms with Gasteiger partial charge in [-0.3, -0.25) is 14.9 Å². The van der Waals surface area contributed by atoms with Gasteiger partial charge in [0.1, 0.15) is 5.82 Å². The first-order valence-corrected chi connectivity index (χ1v) is 8.65. The molecule has 2 aromatic carbocycles. The molecule has 1 heterocycles. The number of aryl methyl sites for hydroxylation is 1. The first kappa shape index (κ1) is 19.7. The van der Waals surface area contributed by atoms with Gasteiger partial charge in [-0.05, 0) is 18.6 Å². The Bertz CT molecular complexity index is 1080. The normalized spacial score (nSPS) is 10.4. The van der Waals surface area contributed by atoms with Gasteiger partial charge in [-0.2, -0.15) is 5.10 Å². The van der Waals surface area contributed by atoms with Crippen molar-refractivity contribution in [3.05, 3.63) is 87.1 Å². The molecular formula is C20H18N4O5. The molecule has 0 saturated heterocycles. The molecule has 148 valence electrons. The Hall–Kier alpha value is -4.01. The van der Waals surface area contributed by atoms with Crippen molar-refractivity contribution in [3.8, 4) is 0 Å². The maximum atomic E-state index is 12.7. The first-order valence-electron chi connectivity index (χ1n) is 8.65. The largest absolute Gasteiger partial charge is 0.465 e. The number of non-ortho nitro benzene ring substituents is 1. The lowest BCUT2D eigenvalue weighted by Gasteiger charge is -2.10. The molecule has 9 nitrogen and oxygen atoms in total. The third kappa shape index (κ3) is 4.64. The van der Waals surface area contributed by atoms with E-state index in [4.69, 9.17) is 0 Å². The first-order chi connectivity index (χ1) is 13.9. The van der Waals surface area contributed by atoms with Gasteiger partial charge in [0.15, 0.2) is 0 Å². The third-order valence-corrected chi connectivity index (χ3v) is 4.13. The summed E-state index contributed by atoms with van der Waals surface area (Å²) < 4.78 is 6.23. The Morgan fingerprint density at radius 3 is 2.48 bits per heavy atom. The van der Waals surface area contributed by atoms with Gasteiger partial charge in [-0.25, -0.2) is 9.48 Å². The zero-order valence-corrected chi connectivity index (χ0v) is 15.8. The van der Waals surface area contributed by atoms with Crippen molar-refractivity contribution >= 4 is 23.4 Å². The summed E-state index contributed by atoms with van der Waals surface area (Å²) in [4.78, 5) is 35.0. The van der Waals surface area contributed by atoms with Gasteiger partial charge < -0.3 is 10.1 Å². The Kier molecular flexibility index (Phi) is 5.68. The number of nitrogens with one attached hydrogen (secondary N) is 1. The number of carbonyl (C=O) groups excluding carboxylic acids is 2. The Labute approximate surface area is 166 Å². The minimum absolute atomic E-state index is 0.0373. The van der Waals surface area contributed by atoms with E-state index in [-0.39, 0.29) is 16.8 Å². The van der Waals surface area contributed by atoms with Crippen LogP contribution in [0.2, 0.25) is 0 Å². The minimum Gasteiger partial charge on any atom is -0.465 e. The number of hydrogen-bond donors (Lipinski definition) is 1. The maximum absolute atomic E-state index is 12.7. The number of aromatic nitrogens is 2. The van der Waals surface area contributed by atoms with Gasteiger partial charge in [0.25, 0.3) is 11.6 Å². The van der Waals surface area contributed by atoms with Crippen LogP contribution in [0, 0.1) is 17.0 Å². The predicted molar refractivity (Wildman–Crippen MR) is 105 cm³/mol. The van der Waals surface area contributed by atoms with E-state index in [1.54, 1.807) is 17.7 Å². The van der Waals surface area contributed by atoms with Crippen LogP contribution in [0.3, 0.4) is 0 Å². The molecule has 3 aromatic rings. The lowest BCUT2D eigenvalue weighted by Crippen LogP contribution is -2.17. The van der Waals surface area contributed by atoms with E-state index in [1.165, 1.54) is 6.07 Å².